The Bertz CT molecular complexity index is 1340. The maximum absolute atomic E-state index is 13.0. The summed E-state index contributed by atoms with van der Waals surface area (Å²) in [5.41, 5.74) is 2.62. The Morgan fingerprint density at radius 2 is 2.08 bits per heavy atom. The standard InChI is InChI=1S/C24H25F2N5O5/c1-14-4-5-15(23-29-21(36-30-23)12-19(33)22(25)26)10-17(14)28-24(34)18-13-27-20-11-16(6-7-31(18)20)35-9-3-2-8-32/h4-7,10-11,13,19,22,32-33H,2-3,8-9,12H2,1H3,(H,28,34). The number of ether oxygens (including phenoxy) is 1. The molecule has 0 aliphatic rings. The highest BCUT2D eigenvalue weighted by Crippen LogP contribution is 2.25. The van der Waals surface area contributed by atoms with Gasteiger partial charge in [-0.15, -0.1) is 0 Å². The summed E-state index contributed by atoms with van der Waals surface area (Å²) in [5.74, 6) is 0.241. The number of nitrogens with one attached hydrogen (secondary N) is 1. The smallest absolute Gasteiger partial charge is 0.274 e. The number of imidazole rings is 1. The van der Waals surface area contributed by atoms with Crippen LogP contribution in [0.15, 0.2) is 47.2 Å². The highest BCUT2D eigenvalue weighted by atomic mass is 19.3. The molecule has 1 aromatic carbocycles. The number of alkyl halides is 2. The van der Waals surface area contributed by atoms with Crippen molar-refractivity contribution < 1.29 is 33.0 Å². The number of anilines is 1. The van der Waals surface area contributed by atoms with E-state index >= 15 is 0 Å². The number of hydrogen-bond donors (Lipinski definition) is 3. The first kappa shape index (κ1) is 25.2. The summed E-state index contributed by atoms with van der Waals surface area (Å²) in [7, 11) is 0. The Balaban J connectivity index is 1.48. The van der Waals surface area contributed by atoms with Gasteiger partial charge >= 0.3 is 0 Å². The van der Waals surface area contributed by atoms with E-state index in [2.05, 4.69) is 20.4 Å². The quantitative estimate of drug-likeness (QED) is 0.267. The van der Waals surface area contributed by atoms with Crippen LogP contribution < -0.4 is 10.1 Å². The van der Waals surface area contributed by atoms with Gasteiger partial charge in [0.15, 0.2) is 0 Å². The molecule has 3 N–H and O–H groups in total. The molecular formula is C24H25F2N5O5. The minimum atomic E-state index is -2.92. The van der Waals surface area contributed by atoms with Crippen molar-refractivity contribution in [3.8, 4) is 17.1 Å². The zero-order valence-corrected chi connectivity index (χ0v) is 19.4. The van der Waals surface area contributed by atoms with Gasteiger partial charge < -0.3 is 24.8 Å². The van der Waals surface area contributed by atoms with E-state index in [4.69, 9.17) is 14.4 Å². The van der Waals surface area contributed by atoms with E-state index in [1.807, 2.05) is 6.92 Å². The highest BCUT2D eigenvalue weighted by molar-refractivity contribution is 6.04. The lowest BCUT2D eigenvalue weighted by atomic mass is 10.1. The van der Waals surface area contributed by atoms with Gasteiger partial charge in [-0.25, -0.2) is 13.8 Å². The predicted octanol–water partition coefficient (Wildman–Crippen LogP) is 3.26. The number of carbonyl (C=O) groups excluding carboxylic acids is 1. The second kappa shape index (κ2) is 11.2. The van der Waals surface area contributed by atoms with E-state index in [1.165, 1.54) is 6.20 Å². The van der Waals surface area contributed by atoms with Crippen molar-refractivity contribution in [1.82, 2.24) is 19.5 Å². The average molecular weight is 501 g/mol. The molecule has 0 spiro atoms. The van der Waals surface area contributed by atoms with Gasteiger partial charge in [-0.3, -0.25) is 9.20 Å². The third-order valence-electron chi connectivity index (χ3n) is 5.43. The van der Waals surface area contributed by atoms with E-state index in [1.54, 1.807) is 40.9 Å². The fourth-order valence-electron chi connectivity index (χ4n) is 3.43. The van der Waals surface area contributed by atoms with Crippen LogP contribution in [0.3, 0.4) is 0 Å². The van der Waals surface area contributed by atoms with Crippen molar-refractivity contribution in [2.75, 3.05) is 18.5 Å². The molecule has 0 saturated carbocycles. The van der Waals surface area contributed by atoms with Gasteiger partial charge in [-0.2, -0.15) is 4.98 Å². The molecule has 4 aromatic rings. The van der Waals surface area contributed by atoms with Crippen LogP contribution in [-0.2, 0) is 6.42 Å². The minimum Gasteiger partial charge on any atom is -0.493 e. The Labute approximate surface area is 204 Å². The SMILES string of the molecule is Cc1ccc(-c2noc(CC(O)C(F)F)n2)cc1NC(=O)c1cnc2cc(OCCCCO)ccn12. The predicted molar refractivity (Wildman–Crippen MR) is 125 cm³/mol. The average Bonchev–Trinajstić information content (AvgIpc) is 3.50. The number of carbonyl (C=O) groups is 1. The van der Waals surface area contributed by atoms with E-state index in [9.17, 15) is 18.7 Å². The van der Waals surface area contributed by atoms with E-state index in [0.717, 1.165) is 12.0 Å². The number of aromatic nitrogens is 4. The molecule has 10 nitrogen and oxygen atoms in total. The second-order valence-electron chi connectivity index (χ2n) is 8.11. The summed E-state index contributed by atoms with van der Waals surface area (Å²) < 4.78 is 37.4. The number of nitrogens with zero attached hydrogens (tertiary/aromatic N) is 4. The van der Waals surface area contributed by atoms with E-state index in [0.29, 0.717) is 41.4 Å². The second-order valence-corrected chi connectivity index (χ2v) is 8.11. The van der Waals surface area contributed by atoms with Gasteiger partial charge in [0.05, 0.1) is 19.2 Å². The molecule has 12 heteroatoms. The molecule has 0 radical (unpaired) electrons. The Kier molecular flexibility index (Phi) is 7.86. The van der Waals surface area contributed by atoms with Crippen molar-refractivity contribution >= 4 is 17.2 Å². The Morgan fingerprint density at radius 1 is 1.25 bits per heavy atom. The van der Waals surface area contributed by atoms with Crippen molar-refractivity contribution in [3.05, 3.63) is 59.9 Å². The molecule has 1 atom stereocenters. The molecule has 0 aliphatic heterocycles. The molecular weight excluding hydrogens is 476 g/mol. The number of aliphatic hydroxyl groups is 2. The summed E-state index contributed by atoms with van der Waals surface area (Å²) in [4.78, 5) is 21.4. The van der Waals surface area contributed by atoms with Crippen LogP contribution in [0, 0.1) is 6.92 Å². The topological polar surface area (TPSA) is 135 Å². The first-order chi connectivity index (χ1) is 17.4. The van der Waals surface area contributed by atoms with E-state index in [-0.39, 0.29) is 18.3 Å². The monoisotopic (exact) mass is 501 g/mol. The molecule has 0 fully saturated rings. The number of benzene rings is 1. The summed E-state index contributed by atoms with van der Waals surface area (Å²) >= 11 is 0. The minimum absolute atomic E-state index is 0.116. The summed E-state index contributed by atoms with van der Waals surface area (Å²) in [5, 5.41) is 24.8. The number of fused-ring (bicyclic) bond motifs is 1. The van der Waals surface area contributed by atoms with Crippen molar-refractivity contribution in [3.63, 3.8) is 0 Å². The maximum Gasteiger partial charge on any atom is 0.274 e. The summed E-state index contributed by atoms with van der Waals surface area (Å²) in [6, 6.07) is 8.56. The van der Waals surface area contributed by atoms with Crippen LogP contribution in [0.25, 0.3) is 17.0 Å². The first-order valence-corrected chi connectivity index (χ1v) is 11.3. The number of unbranched alkanes of at least 4 members (excludes halogenated alkanes) is 1. The lowest BCUT2D eigenvalue weighted by molar-refractivity contribution is -0.00754. The number of aliphatic hydroxyl groups excluding tert-OH is 2. The largest absolute Gasteiger partial charge is 0.493 e. The lowest BCUT2D eigenvalue weighted by Crippen LogP contribution is -2.20. The van der Waals surface area contributed by atoms with Crippen LogP contribution in [0.1, 0.15) is 34.8 Å². The number of aryl methyl sites for hydroxylation is 1. The van der Waals surface area contributed by atoms with Gasteiger partial charge in [0.2, 0.25) is 11.7 Å². The number of halogens is 2. The molecule has 3 heterocycles. The van der Waals surface area contributed by atoms with Crippen LogP contribution in [-0.4, -0.2) is 61.4 Å². The van der Waals surface area contributed by atoms with Crippen LogP contribution >= 0.6 is 0 Å². The molecule has 190 valence electrons. The van der Waals surface area contributed by atoms with Gasteiger partial charge in [0.1, 0.15) is 23.2 Å². The molecule has 4 rings (SSSR count). The Morgan fingerprint density at radius 3 is 2.86 bits per heavy atom. The summed E-state index contributed by atoms with van der Waals surface area (Å²) in [6.07, 6.45) is -0.751. The third kappa shape index (κ3) is 5.83. The normalized spacial score (nSPS) is 12.3. The van der Waals surface area contributed by atoms with Gasteiger partial charge in [-0.05, 0) is 37.5 Å². The molecule has 0 bridgehead atoms. The Hall–Kier alpha value is -3.90. The van der Waals surface area contributed by atoms with Crippen molar-refractivity contribution in [1.29, 1.82) is 0 Å². The van der Waals surface area contributed by atoms with E-state index < -0.39 is 24.9 Å². The van der Waals surface area contributed by atoms with Crippen LogP contribution in [0.4, 0.5) is 14.5 Å². The molecule has 1 amide bonds. The summed E-state index contributed by atoms with van der Waals surface area (Å²) in [6.45, 7) is 2.40. The molecule has 3 aromatic heterocycles. The number of hydrogen-bond acceptors (Lipinski definition) is 8. The van der Waals surface area contributed by atoms with Crippen LogP contribution in [0.2, 0.25) is 0 Å². The van der Waals surface area contributed by atoms with Gasteiger partial charge in [-0.1, -0.05) is 17.3 Å². The maximum atomic E-state index is 13.0. The molecule has 0 saturated heterocycles. The molecule has 36 heavy (non-hydrogen) atoms. The van der Waals surface area contributed by atoms with Gasteiger partial charge in [0.25, 0.3) is 12.3 Å². The molecule has 0 aliphatic carbocycles. The zero-order valence-electron chi connectivity index (χ0n) is 19.4. The fraction of sp³-hybridized carbons (Fsp3) is 0.333. The number of pyridine rings is 1. The van der Waals surface area contributed by atoms with Crippen molar-refractivity contribution in [2.24, 2.45) is 0 Å². The first-order valence-electron chi connectivity index (χ1n) is 11.3. The molecule has 1 unspecified atom stereocenters. The zero-order chi connectivity index (χ0) is 25.7. The number of rotatable bonds is 11. The van der Waals surface area contributed by atoms with Crippen LogP contribution in [0.5, 0.6) is 5.75 Å². The number of amides is 1. The lowest BCUT2D eigenvalue weighted by Gasteiger charge is -2.10. The highest BCUT2D eigenvalue weighted by Gasteiger charge is 2.21. The third-order valence-corrected chi connectivity index (χ3v) is 5.43. The van der Waals surface area contributed by atoms with Gasteiger partial charge in [0, 0.05) is 30.1 Å². The fourth-order valence-corrected chi connectivity index (χ4v) is 3.43. The van der Waals surface area contributed by atoms with Crippen molar-refractivity contribution in [2.45, 2.75) is 38.7 Å².